The molecule has 0 spiro atoms. The van der Waals surface area contributed by atoms with Gasteiger partial charge in [-0.15, -0.1) is 0 Å². The second-order valence-corrected chi connectivity index (χ2v) is 4.60. The Morgan fingerprint density at radius 1 is 1.43 bits per heavy atom. The van der Waals surface area contributed by atoms with Crippen molar-refractivity contribution in [1.82, 2.24) is 10.2 Å². The summed E-state index contributed by atoms with van der Waals surface area (Å²) in [5.74, 6) is -1.01. The highest BCUT2D eigenvalue weighted by Crippen LogP contribution is 2.25. The number of phenols is 1. The molecule has 1 aromatic rings. The van der Waals surface area contributed by atoms with E-state index in [9.17, 15) is 14.7 Å². The Hall–Kier alpha value is -2.28. The van der Waals surface area contributed by atoms with Crippen LogP contribution in [0.15, 0.2) is 18.2 Å². The zero-order chi connectivity index (χ0) is 15.8. The number of nitrogens with two attached hydrogens (primary N) is 1. The number of anilines is 1. The van der Waals surface area contributed by atoms with Gasteiger partial charge in [-0.3, -0.25) is 9.59 Å². The van der Waals surface area contributed by atoms with Gasteiger partial charge >= 0.3 is 0 Å². The van der Waals surface area contributed by atoms with Gasteiger partial charge < -0.3 is 25.8 Å². The molecular weight excluding hydrogens is 274 g/mol. The molecule has 0 saturated heterocycles. The van der Waals surface area contributed by atoms with E-state index in [2.05, 4.69) is 5.32 Å². The first kappa shape index (κ1) is 16.8. The van der Waals surface area contributed by atoms with E-state index in [0.717, 1.165) is 0 Å². The normalized spacial score (nSPS) is 10.2. The van der Waals surface area contributed by atoms with Crippen LogP contribution in [0.1, 0.15) is 16.8 Å². The summed E-state index contributed by atoms with van der Waals surface area (Å²) in [5, 5.41) is 12.4. The third-order valence-electron chi connectivity index (χ3n) is 2.87. The highest BCUT2D eigenvalue weighted by molar-refractivity contribution is 5.99. The van der Waals surface area contributed by atoms with Crippen LogP contribution in [0, 0.1) is 0 Å². The van der Waals surface area contributed by atoms with Crippen LogP contribution in [0.3, 0.4) is 0 Å². The average Bonchev–Trinajstić information content (AvgIpc) is 2.45. The summed E-state index contributed by atoms with van der Waals surface area (Å²) in [5.41, 5.74) is 5.74. The molecule has 1 aromatic carbocycles. The van der Waals surface area contributed by atoms with Gasteiger partial charge in [0.05, 0.1) is 17.8 Å². The Morgan fingerprint density at radius 3 is 2.81 bits per heavy atom. The number of nitrogen functional groups attached to an aromatic ring is 1. The lowest BCUT2D eigenvalue weighted by Gasteiger charge is -2.17. The van der Waals surface area contributed by atoms with Gasteiger partial charge in [0, 0.05) is 27.3 Å². The predicted octanol–water partition coefficient (Wildman–Crippen LogP) is 0.199. The van der Waals surface area contributed by atoms with Gasteiger partial charge in [-0.05, 0) is 18.6 Å². The minimum Gasteiger partial charge on any atom is -0.505 e. The standard InChI is InChI=1S/C14H21N3O4/c1-17(9-12(18)16-7-4-8-21-2)14(20)10-5-3-6-11(15)13(10)19/h3,5-6,19H,4,7-9,15H2,1-2H3,(H,16,18). The fourth-order valence-electron chi connectivity index (χ4n) is 1.73. The molecule has 0 saturated carbocycles. The van der Waals surface area contributed by atoms with Crippen LogP contribution < -0.4 is 11.1 Å². The fourth-order valence-corrected chi connectivity index (χ4v) is 1.73. The number of nitrogens with one attached hydrogen (secondary N) is 1. The molecule has 0 aliphatic carbocycles. The number of para-hydroxylation sites is 1. The number of phenolic OH excluding ortho intramolecular Hbond substituents is 1. The molecule has 0 unspecified atom stereocenters. The van der Waals surface area contributed by atoms with Crippen molar-refractivity contribution >= 4 is 17.5 Å². The number of methoxy groups -OCH3 is 1. The van der Waals surface area contributed by atoms with E-state index in [1.54, 1.807) is 13.2 Å². The second kappa shape index (κ2) is 8.11. The maximum absolute atomic E-state index is 12.1. The quantitative estimate of drug-likeness (QED) is 0.378. The smallest absolute Gasteiger partial charge is 0.257 e. The molecule has 0 atom stereocenters. The second-order valence-electron chi connectivity index (χ2n) is 4.60. The molecule has 2 amide bonds. The summed E-state index contributed by atoms with van der Waals surface area (Å²) >= 11 is 0. The van der Waals surface area contributed by atoms with Gasteiger partial charge in [0.15, 0.2) is 5.75 Å². The van der Waals surface area contributed by atoms with E-state index in [-0.39, 0.29) is 29.5 Å². The Kier molecular flexibility index (Phi) is 6.48. The summed E-state index contributed by atoms with van der Waals surface area (Å²) in [7, 11) is 3.08. The van der Waals surface area contributed by atoms with Crippen molar-refractivity contribution in [3.8, 4) is 5.75 Å². The average molecular weight is 295 g/mol. The fraction of sp³-hybridized carbons (Fsp3) is 0.429. The summed E-state index contributed by atoms with van der Waals surface area (Å²) < 4.78 is 4.87. The van der Waals surface area contributed by atoms with Crippen molar-refractivity contribution in [3.05, 3.63) is 23.8 Å². The molecule has 0 radical (unpaired) electrons. The molecule has 0 aliphatic heterocycles. The van der Waals surface area contributed by atoms with E-state index in [1.165, 1.54) is 24.1 Å². The minimum absolute atomic E-state index is 0.0738. The maximum atomic E-state index is 12.1. The van der Waals surface area contributed by atoms with Crippen molar-refractivity contribution in [2.45, 2.75) is 6.42 Å². The molecular formula is C14H21N3O4. The Balaban J connectivity index is 2.55. The van der Waals surface area contributed by atoms with Crippen molar-refractivity contribution in [3.63, 3.8) is 0 Å². The van der Waals surface area contributed by atoms with E-state index in [1.807, 2.05) is 0 Å². The number of ether oxygens (including phenoxy) is 1. The van der Waals surface area contributed by atoms with Crippen molar-refractivity contribution < 1.29 is 19.4 Å². The first-order valence-electron chi connectivity index (χ1n) is 6.56. The SMILES string of the molecule is COCCCNC(=O)CN(C)C(=O)c1cccc(N)c1O. The van der Waals surface area contributed by atoms with Crippen molar-refractivity contribution in [1.29, 1.82) is 0 Å². The van der Waals surface area contributed by atoms with Gasteiger partial charge in [0.2, 0.25) is 5.91 Å². The molecule has 4 N–H and O–H groups in total. The Morgan fingerprint density at radius 2 is 2.14 bits per heavy atom. The molecule has 116 valence electrons. The Labute approximate surface area is 123 Å². The van der Waals surface area contributed by atoms with Gasteiger partial charge in [-0.25, -0.2) is 0 Å². The third-order valence-corrected chi connectivity index (χ3v) is 2.87. The number of hydrogen-bond acceptors (Lipinski definition) is 5. The Bertz CT molecular complexity index is 505. The van der Waals surface area contributed by atoms with Crippen LogP contribution in [0.5, 0.6) is 5.75 Å². The molecule has 0 fully saturated rings. The number of benzene rings is 1. The third kappa shape index (κ3) is 4.96. The lowest BCUT2D eigenvalue weighted by molar-refractivity contribution is -0.121. The van der Waals surface area contributed by atoms with Crippen molar-refractivity contribution in [2.24, 2.45) is 0 Å². The number of carbonyl (C=O) groups is 2. The summed E-state index contributed by atoms with van der Waals surface area (Å²) in [6, 6.07) is 4.52. The van der Waals surface area contributed by atoms with E-state index >= 15 is 0 Å². The highest BCUT2D eigenvalue weighted by atomic mass is 16.5. The van der Waals surface area contributed by atoms with Gasteiger partial charge in [0.1, 0.15) is 0 Å². The number of amides is 2. The van der Waals surface area contributed by atoms with Crippen LogP contribution >= 0.6 is 0 Å². The number of nitrogens with zero attached hydrogens (tertiary/aromatic N) is 1. The molecule has 0 aromatic heterocycles. The minimum atomic E-state index is -0.466. The van der Waals surface area contributed by atoms with Crippen LogP contribution in [0.25, 0.3) is 0 Å². The van der Waals surface area contributed by atoms with Crippen LogP contribution in [-0.2, 0) is 9.53 Å². The molecule has 1 rings (SSSR count). The number of aromatic hydroxyl groups is 1. The van der Waals surface area contributed by atoms with Crippen molar-refractivity contribution in [2.75, 3.05) is 39.6 Å². The topological polar surface area (TPSA) is 105 Å². The predicted molar refractivity (Wildman–Crippen MR) is 79.0 cm³/mol. The van der Waals surface area contributed by atoms with E-state index in [0.29, 0.717) is 19.6 Å². The first-order valence-corrected chi connectivity index (χ1v) is 6.56. The summed E-state index contributed by atoms with van der Waals surface area (Å²) in [6.45, 7) is 0.949. The van der Waals surface area contributed by atoms with Crippen LogP contribution in [0.4, 0.5) is 5.69 Å². The molecule has 21 heavy (non-hydrogen) atoms. The number of rotatable bonds is 7. The molecule has 0 aliphatic rings. The lowest BCUT2D eigenvalue weighted by Crippen LogP contribution is -2.38. The first-order chi connectivity index (χ1) is 9.97. The maximum Gasteiger partial charge on any atom is 0.257 e. The molecule has 7 nitrogen and oxygen atoms in total. The van der Waals surface area contributed by atoms with Gasteiger partial charge in [-0.2, -0.15) is 0 Å². The lowest BCUT2D eigenvalue weighted by atomic mass is 10.1. The molecule has 7 heteroatoms. The van der Waals surface area contributed by atoms with E-state index < -0.39 is 5.91 Å². The number of carbonyl (C=O) groups excluding carboxylic acids is 2. The zero-order valence-electron chi connectivity index (χ0n) is 12.3. The monoisotopic (exact) mass is 295 g/mol. The highest BCUT2D eigenvalue weighted by Gasteiger charge is 2.18. The van der Waals surface area contributed by atoms with Crippen LogP contribution in [0.2, 0.25) is 0 Å². The van der Waals surface area contributed by atoms with Crippen LogP contribution in [-0.4, -0.2) is 55.7 Å². The largest absolute Gasteiger partial charge is 0.505 e. The zero-order valence-corrected chi connectivity index (χ0v) is 12.3. The molecule has 0 bridgehead atoms. The van der Waals surface area contributed by atoms with Gasteiger partial charge in [-0.1, -0.05) is 6.07 Å². The summed E-state index contributed by atoms with van der Waals surface area (Å²) in [4.78, 5) is 25.0. The van der Waals surface area contributed by atoms with Gasteiger partial charge in [0.25, 0.3) is 5.91 Å². The number of likely N-dealkylation sites (N-methyl/N-ethyl adjacent to an activating group) is 1. The van der Waals surface area contributed by atoms with E-state index in [4.69, 9.17) is 10.5 Å². The number of hydrogen-bond donors (Lipinski definition) is 3. The molecule has 0 heterocycles. The summed E-state index contributed by atoms with van der Waals surface area (Å²) in [6.07, 6.45) is 0.704.